The lowest BCUT2D eigenvalue weighted by Crippen LogP contribution is -2.17. The van der Waals surface area contributed by atoms with E-state index in [1.54, 1.807) is 18.4 Å². The highest BCUT2D eigenvalue weighted by molar-refractivity contribution is 7.17. The number of thiazole rings is 1. The molecule has 9 heteroatoms. The number of aromatic nitrogens is 1. The van der Waals surface area contributed by atoms with Crippen LogP contribution in [0.2, 0.25) is 0 Å². The summed E-state index contributed by atoms with van der Waals surface area (Å²) in [5, 5.41) is 8.83. The lowest BCUT2D eigenvalue weighted by atomic mass is 10.1. The van der Waals surface area contributed by atoms with Crippen LogP contribution in [0.3, 0.4) is 0 Å². The molecule has 30 heavy (non-hydrogen) atoms. The summed E-state index contributed by atoms with van der Waals surface area (Å²) in [6, 6.07) is 11.4. The van der Waals surface area contributed by atoms with Crippen molar-refractivity contribution in [2.75, 3.05) is 12.4 Å². The minimum atomic E-state index is -0.364. The van der Waals surface area contributed by atoms with E-state index >= 15 is 0 Å². The normalized spacial score (nSPS) is 11.0. The third-order valence-corrected chi connectivity index (χ3v) is 6.21. The maximum atomic E-state index is 12.8. The van der Waals surface area contributed by atoms with Crippen LogP contribution in [-0.2, 0) is 22.7 Å². The second-order valence-electron chi connectivity index (χ2n) is 6.51. The van der Waals surface area contributed by atoms with Crippen molar-refractivity contribution in [3.63, 3.8) is 0 Å². The number of para-hydroxylation sites is 1. The molecule has 154 valence electrons. The van der Waals surface area contributed by atoms with Gasteiger partial charge in [0.1, 0.15) is 5.58 Å². The summed E-state index contributed by atoms with van der Waals surface area (Å²) in [5.74, 6) is -0.206. The van der Waals surface area contributed by atoms with Crippen LogP contribution in [0.25, 0.3) is 21.5 Å². The predicted molar refractivity (Wildman–Crippen MR) is 118 cm³/mol. The van der Waals surface area contributed by atoms with Gasteiger partial charge in [0.05, 0.1) is 23.7 Å². The first-order chi connectivity index (χ1) is 14.5. The molecule has 7 nitrogen and oxygen atoms in total. The first kappa shape index (κ1) is 20.3. The molecule has 0 saturated heterocycles. The number of fused-ring (bicyclic) bond motifs is 1. The number of benzene rings is 1. The molecule has 3 heterocycles. The van der Waals surface area contributed by atoms with Crippen molar-refractivity contribution < 1.29 is 18.7 Å². The van der Waals surface area contributed by atoms with E-state index in [9.17, 15) is 9.59 Å². The van der Waals surface area contributed by atoms with Crippen molar-refractivity contribution in [1.29, 1.82) is 0 Å². The number of anilines is 1. The Morgan fingerprint density at radius 2 is 2.03 bits per heavy atom. The van der Waals surface area contributed by atoms with Crippen molar-refractivity contribution >= 4 is 50.6 Å². The molecule has 0 atom stereocenters. The molecule has 4 rings (SSSR count). The van der Waals surface area contributed by atoms with E-state index in [0.29, 0.717) is 22.8 Å². The minimum absolute atomic E-state index is 0.0676. The van der Waals surface area contributed by atoms with Crippen LogP contribution in [0, 0.1) is 0 Å². The van der Waals surface area contributed by atoms with Gasteiger partial charge >= 0.3 is 0 Å². The standard InChI is InChI=1S/C21H19N3O4S2/c1-12(25)22-9-13-7-8-18(30-13)16-11-29-21(23-16)24-20(26)19-15(10-27-2)14-5-3-4-6-17(14)28-19/h3-8,11H,9-10H2,1-2H3,(H,22,25)(H,23,24,26). The third kappa shape index (κ3) is 4.28. The number of ether oxygens (including phenoxy) is 1. The Hall–Kier alpha value is -3.01. The quantitative estimate of drug-likeness (QED) is 0.435. The molecule has 0 bridgehead atoms. The van der Waals surface area contributed by atoms with Crippen LogP contribution in [0.15, 0.2) is 46.2 Å². The fourth-order valence-electron chi connectivity index (χ4n) is 2.99. The van der Waals surface area contributed by atoms with E-state index in [1.165, 1.54) is 18.3 Å². The molecule has 2 amide bonds. The van der Waals surface area contributed by atoms with Gasteiger partial charge in [-0.2, -0.15) is 0 Å². The molecule has 0 aliphatic carbocycles. The number of rotatable bonds is 7. The second-order valence-corrected chi connectivity index (χ2v) is 8.53. The molecule has 0 saturated carbocycles. The fraction of sp³-hybridized carbons (Fsp3) is 0.190. The summed E-state index contributed by atoms with van der Waals surface area (Å²) in [6.07, 6.45) is 0. The first-order valence-electron chi connectivity index (χ1n) is 9.15. The van der Waals surface area contributed by atoms with Gasteiger partial charge < -0.3 is 14.5 Å². The smallest absolute Gasteiger partial charge is 0.293 e. The zero-order valence-corrected chi connectivity index (χ0v) is 18.0. The monoisotopic (exact) mass is 441 g/mol. The number of thiophene rings is 1. The van der Waals surface area contributed by atoms with Crippen LogP contribution in [0.4, 0.5) is 5.13 Å². The molecule has 3 aromatic heterocycles. The molecule has 2 N–H and O–H groups in total. The number of nitrogens with zero attached hydrogens (tertiary/aromatic N) is 1. The van der Waals surface area contributed by atoms with E-state index in [0.717, 1.165) is 20.8 Å². The molecule has 0 fully saturated rings. The van der Waals surface area contributed by atoms with Crippen molar-refractivity contribution in [3.05, 3.63) is 58.0 Å². The summed E-state index contributed by atoms with van der Waals surface area (Å²) >= 11 is 2.89. The molecular formula is C21H19N3O4S2. The van der Waals surface area contributed by atoms with Crippen LogP contribution >= 0.6 is 22.7 Å². The minimum Gasteiger partial charge on any atom is -0.451 e. The summed E-state index contributed by atoms with van der Waals surface area (Å²) in [6.45, 7) is 2.25. The summed E-state index contributed by atoms with van der Waals surface area (Å²) in [5.41, 5.74) is 2.12. The van der Waals surface area contributed by atoms with Gasteiger partial charge in [-0.15, -0.1) is 22.7 Å². The molecule has 1 aromatic carbocycles. The first-order valence-corrected chi connectivity index (χ1v) is 10.8. The van der Waals surface area contributed by atoms with Crippen molar-refractivity contribution in [2.45, 2.75) is 20.1 Å². The van der Waals surface area contributed by atoms with Crippen LogP contribution in [-0.4, -0.2) is 23.9 Å². The molecule has 0 aliphatic heterocycles. The van der Waals surface area contributed by atoms with Crippen LogP contribution in [0.1, 0.15) is 27.9 Å². The average molecular weight is 442 g/mol. The van der Waals surface area contributed by atoms with Gasteiger partial charge in [-0.1, -0.05) is 18.2 Å². The Bertz CT molecular complexity index is 1210. The zero-order valence-electron chi connectivity index (χ0n) is 16.4. The van der Waals surface area contributed by atoms with E-state index in [2.05, 4.69) is 15.6 Å². The fourth-order valence-corrected chi connectivity index (χ4v) is 4.68. The lowest BCUT2D eigenvalue weighted by Gasteiger charge is -2.02. The molecule has 0 unspecified atom stereocenters. The van der Waals surface area contributed by atoms with Gasteiger partial charge in [0.25, 0.3) is 5.91 Å². The van der Waals surface area contributed by atoms with E-state index in [4.69, 9.17) is 9.15 Å². The lowest BCUT2D eigenvalue weighted by molar-refractivity contribution is -0.119. The Kier molecular flexibility index (Phi) is 5.93. The molecule has 0 aliphatic rings. The Morgan fingerprint density at radius 3 is 2.83 bits per heavy atom. The van der Waals surface area contributed by atoms with E-state index in [1.807, 2.05) is 41.8 Å². The number of carbonyl (C=O) groups excluding carboxylic acids is 2. The highest BCUT2D eigenvalue weighted by Crippen LogP contribution is 2.32. The summed E-state index contributed by atoms with van der Waals surface area (Å²) in [7, 11) is 1.58. The number of carbonyl (C=O) groups is 2. The summed E-state index contributed by atoms with van der Waals surface area (Å²) in [4.78, 5) is 30.4. The number of furan rings is 1. The predicted octanol–water partition coefficient (Wildman–Crippen LogP) is 4.65. The second kappa shape index (κ2) is 8.78. The van der Waals surface area contributed by atoms with Gasteiger partial charge in [0.15, 0.2) is 10.9 Å². The zero-order chi connectivity index (χ0) is 21.1. The number of nitrogens with one attached hydrogen (secondary N) is 2. The van der Waals surface area contributed by atoms with Gasteiger partial charge in [-0.3, -0.25) is 14.9 Å². The van der Waals surface area contributed by atoms with E-state index < -0.39 is 0 Å². The largest absolute Gasteiger partial charge is 0.451 e. The third-order valence-electron chi connectivity index (χ3n) is 4.34. The van der Waals surface area contributed by atoms with E-state index in [-0.39, 0.29) is 24.2 Å². The van der Waals surface area contributed by atoms with Gasteiger partial charge in [0, 0.05) is 35.2 Å². The maximum Gasteiger partial charge on any atom is 0.293 e. The van der Waals surface area contributed by atoms with Gasteiger partial charge in [0.2, 0.25) is 5.91 Å². The molecule has 0 spiro atoms. The molecule has 4 aromatic rings. The highest BCUT2D eigenvalue weighted by Gasteiger charge is 2.21. The topological polar surface area (TPSA) is 93.5 Å². The molecule has 0 radical (unpaired) electrons. The Morgan fingerprint density at radius 1 is 1.20 bits per heavy atom. The SMILES string of the molecule is COCc1c(C(=O)Nc2nc(-c3ccc(CNC(C)=O)s3)cs2)oc2ccccc12. The van der Waals surface area contributed by atoms with Crippen molar-refractivity contribution in [3.8, 4) is 10.6 Å². The summed E-state index contributed by atoms with van der Waals surface area (Å²) < 4.78 is 11.0. The average Bonchev–Trinajstić information content (AvgIpc) is 3.45. The van der Waals surface area contributed by atoms with Gasteiger partial charge in [-0.05, 0) is 18.2 Å². The van der Waals surface area contributed by atoms with Crippen molar-refractivity contribution in [2.24, 2.45) is 0 Å². The van der Waals surface area contributed by atoms with Gasteiger partial charge in [-0.25, -0.2) is 4.98 Å². The number of hydrogen-bond donors (Lipinski definition) is 2. The number of methoxy groups -OCH3 is 1. The van der Waals surface area contributed by atoms with Crippen LogP contribution in [0.5, 0.6) is 0 Å². The Balaban J connectivity index is 1.52. The number of amides is 2. The van der Waals surface area contributed by atoms with Crippen molar-refractivity contribution in [1.82, 2.24) is 10.3 Å². The maximum absolute atomic E-state index is 12.8. The van der Waals surface area contributed by atoms with Crippen LogP contribution < -0.4 is 10.6 Å². The Labute approximate surface area is 180 Å². The molecular weight excluding hydrogens is 422 g/mol. The number of hydrogen-bond acceptors (Lipinski definition) is 7. The highest BCUT2D eigenvalue weighted by atomic mass is 32.1.